The third kappa shape index (κ3) is 1.83. The Labute approximate surface area is 149 Å². The number of phenols is 2. The lowest BCUT2D eigenvalue weighted by atomic mass is 9.76. The fraction of sp³-hybridized carbons (Fsp3) is 0.316. The summed E-state index contributed by atoms with van der Waals surface area (Å²) in [5.74, 6) is -0.573. The maximum atomic E-state index is 13.3. The van der Waals surface area contributed by atoms with Gasteiger partial charge in [0.15, 0.2) is 23.2 Å². The summed E-state index contributed by atoms with van der Waals surface area (Å²) in [5, 5.41) is 31.9. The molecule has 7 heteroatoms. The first-order valence-electron chi connectivity index (χ1n) is 8.11. The molecule has 0 bridgehead atoms. The molecule has 26 heavy (non-hydrogen) atoms. The largest absolute Gasteiger partial charge is 0.507 e. The molecule has 7 nitrogen and oxygen atoms in total. The van der Waals surface area contributed by atoms with E-state index in [2.05, 4.69) is 0 Å². The zero-order chi connectivity index (χ0) is 18.8. The highest BCUT2D eigenvalue weighted by Crippen LogP contribution is 2.53. The van der Waals surface area contributed by atoms with Crippen molar-refractivity contribution in [2.24, 2.45) is 0 Å². The minimum atomic E-state index is -2.08. The van der Waals surface area contributed by atoms with Crippen LogP contribution in [0.4, 0.5) is 0 Å². The Morgan fingerprint density at radius 1 is 1.19 bits per heavy atom. The van der Waals surface area contributed by atoms with Crippen molar-refractivity contribution in [2.75, 3.05) is 13.7 Å². The number of ketones is 1. The van der Waals surface area contributed by atoms with Gasteiger partial charge in [-0.3, -0.25) is 4.79 Å². The quantitative estimate of drug-likeness (QED) is 0.715. The number of fused-ring (bicyclic) bond motifs is 4. The van der Waals surface area contributed by atoms with Crippen molar-refractivity contribution in [1.82, 2.24) is 0 Å². The van der Waals surface area contributed by atoms with Crippen LogP contribution in [0.5, 0.6) is 28.7 Å². The summed E-state index contributed by atoms with van der Waals surface area (Å²) >= 11 is 0. The molecule has 3 N–H and O–H groups in total. The van der Waals surface area contributed by atoms with Crippen LogP contribution in [0.25, 0.3) is 0 Å². The second-order valence-electron chi connectivity index (χ2n) is 6.50. The van der Waals surface area contributed by atoms with E-state index < -0.39 is 17.5 Å². The number of phenolic OH excluding ortho intramolecular Hbond substituents is 2. The Morgan fingerprint density at radius 3 is 2.62 bits per heavy atom. The molecule has 4 rings (SSSR count). The van der Waals surface area contributed by atoms with Gasteiger partial charge in [0.1, 0.15) is 29.4 Å². The Bertz CT molecular complexity index is 950. The van der Waals surface area contributed by atoms with Crippen LogP contribution in [0, 0.1) is 13.8 Å². The van der Waals surface area contributed by atoms with Gasteiger partial charge in [0, 0.05) is 16.7 Å². The zero-order valence-electron chi connectivity index (χ0n) is 14.5. The third-order valence-corrected chi connectivity index (χ3v) is 5.13. The maximum Gasteiger partial charge on any atom is 0.210 e. The van der Waals surface area contributed by atoms with Gasteiger partial charge in [-0.05, 0) is 19.9 Å². The van der Waals surface area contributed by atoms with Crippen molar-refractivity contribution in [3.8, 4) is 28.7 Å². The summed E-state index contributed by atoms with van der Waals surface area (Å²) in [5.41, 5.74) is -1.14. The second-order valence-corrected chi connectivity index (χ2v) is 6.50. The summed E-state index contributed by atoms with van der Waals surface area (Å²) in [6, 6.07) is 4.40. The van der Waals surface area contributed by atoms with E-state index in [0.29, 0.717) is 16.9 Å². The molecular formula is C19H18O7. The molecule has 0 saturated heterocycles. The van der Waals surface area contributed by atoms with Crippen LogP contribution in [-0.4, -0.2) is 40.9 Å². The van der Waals surface area contributed by atoms with Crippen molar-refractivity contribution in [3.05, 3.63) is 40.5 Å². The highest BCUT2D eigenvalue weighted by molar-refractivity contribution is 6.10. The third-order valence-electron chi connectivity index (χ3n) is 5.13. The van der Waals surface area contributed by atoms with E-state index in [0.717, 1.165) is 0 Å². The van der Waals surface area contributed by atoms with Crippen molar-refractivity contribution in [1.29, 1.82) is 0 Å². The highest BCUT2D eigenvalue weighted by Gasteiger charge is 2.57. The van der Waals surface area contributed by atoms with Gasteiger partial charge < -0.3 is 29.5 Å². The zero-order valence-corrected chi connectivity index (χ0v) is 14.5. The number of carbonyl (C=O) groups is 1. The Kier molecular flexibility index (Phi) is 3.36. The molecule has 2 atom stereocenters. The van der Waals surface area contributed by atoms with Crippen molar-refractivity contribution in [3.63, 3.8) is 0 Å². The number of para-hydroxylation sites is 1. The minimum Gasteiger partial charge on any atom is -0.507 e. The molecule has 2 aliphatic heterocycles. The van der Waals surface area contributed by atoms with Crippen molar-refractivity contribution >= 4 is 5.78 Å². The number of methoxy groups -OCH3 is 1. The van der Waals surface area contributed by atoms with E-state index >= 15 is 0 Å². The molecular weight excluding hydrogens is 340 g/mol. The average Bonchev–Trinajstić information content (AvgIpc) is 2.62. The number of hydrogen-bond acceptors (Lipinski definition) is 7. The Morgan fingerprint density at radius 2 is 1.92 bits per heavy atom. The normalized spacial score (nSPS) is 23.2. The predicted molar refractivity (Wildman–Crippen MR) is 90.4 cm³/mol. The molecule has 0 spiro atoms. The average molecular weight is 358 g/mol. The van der Waals surface area contributed by atoms with Crippen LogP contribution >= 0.6 is 0 Å². The number of benzene rings is 2. The van der Waals surface area contributed by atoms with Crippen LogP contribution in [0.1, 0.15) is 27.0 Å². The van der Waals surface area contributed by atoms with E-state index in [1.165, 1.54) is 25.3 Å². The van der Waals surface area contributed by atoms with E-state index in [-0.39, 0.29) is 40.7 Å². The Balaban J connectivity index is 2.00. The van der Waals surface area contributed by atoms with E-state index in [9.17, 15) is 20.1 Å². The molecule has 0 fully saturated rings. The van der Waals surface area contributed by atoms with Crippen LogP contribution < -0.4 is 14.2 Å². The number of ether oxygens (including phenoxy) is 3. The van der Waals surface area contributed by atoms with E-state index in [1.54, 1.807) is 13.8 Å². The second kappa shape index (κ2) is 5.28. The molecule has 2 heterocycles. The topological polar surface area (TPSA) is 105 Å². The first kappa shape index (κ1) is 16.5. The van der Waals surface area contributed by atoms with E-state index in [4.69, 9.17) is 14.2 Å². The fourth-order valence-electron chi connectivity index (χ4n) is 3.79. The molecule has 0 amide bonds. The predicted octanol–water partition coefficient (Wildman–Crippen LogP) is 1.95. The van der Waals surface area contributed by atoms with Crippen molar-refractivity contribution in [2.45, 2.75) is 25.6 Å². The van der Waals surface area contributed by atoms with Crippen LogP contribution in [0.15, 0.2) is 18.2 Å². The van der Waals surface area contributed by atoms with Gasteiger partial charge in [-0.1, -0.05) is 12.1 Å². The van der Waals surface area contributed by atoms with Crippen LogP contribution in [0.2, 0.25) is 0 Å². The van der Waals surface area contributed by atoms with Gasteiger partial charge in [-0.25, -0.2) is 0 Å². The minimum absolute atomic E-state index is 0.0353. The lowest BCUT2D eigenvalue weighted by Gasteiger charge is -2.43. The van der Waals surface area contributed by atoms with Gasteiger partial charge in [0.25, 0.3) is 0 Å². The molecule has 0 radical (unpaired) electrons. The molecule has 136 valence electrons. The first-order valence-corrected chi connectivity index (χ1v) is 8.11. The number of aromatic hydroxyl groups is 2. The first-order chi connectivity index (χ1) is 12.3. The summed E-state index contributed by atoms with van der Waals surface area (Å²) in [7, 11) is 1.46. The number of Topliss-reactive ketones (excluding diaryl/α,β-unsaturated/α-hetero) is 1. The fourth-order valence-corrected chi connectivity index (χ4v) is 3.79. The number of aliphatic hydroxyl groups is 1. The summed E-state index contributed by atoms with van der Waals surface area (Å²) in [6.07, 6.45) is -1.03. The van der Waals surface area contributed by atoms with E-state index in [1.807, 2.05) is 0 Å². The monoisotopic (exact) mass is 358 g/mol. The smallest absolute Gasteiger partial charge is 0.210 e. The molecule has 2 aliphatic rings. The molecule has 0 aliphatic carbocycles. The highest BCUT2D eigenvalue weighted by atomic mass is 16.6. The molecule has 2 aromatic carbocycles. The lowest BCUT2D eigenvalue weighted by molar-refractivity contribution is -0.0809. The Hall–Kier alpha value is -2.93. The van der Waals surface area contributed by atoms with Gasteiger partial charge >= 0.3 is 0 Å². The van der Waals surface area contributed by atoms with Gasteiger partial charge in [-0.2, -0.15) is 0 Å². The molecule has 2 unspecified atom stereocenters. The number of hydrogen-bond donors (Lipinski definition) is 3. The number of carbonyl (C=O) groups excluding carboxylic acids is 1. The van der Waals surface area contributed by atoms with Gasteiger partial charge in [0.05, 0.1) is 7.11 Å². The SMILES string of the molecule is COc1c(C)c(O)c2c(c1C)OC1COc3c(O)cccc3C1(O)C2=O. The van der Waals surface area contributed by atoms with Gasteiger partial charge in [-0.15, -0.1) is 0 Å². The van der Waals surface area contributed by atoms with Crippen LogP contribution in [0.3, 0.4) is 0 Å². The molecule has 2 aromatic rings. The summed E-state index contributed by atoms with van der Waals surface area (Å²) in [6.45, 7) is 3.20. The van der Waals surface area contributed by atoms with Crippen molar-refractivity contribution < 1.29 is 34.3 Å². The summed E-state index contributed by atoms with van der Waals surface area (Å²) in [4.78, 5) is 13.3. The molecule has 0 saturated carbocycles. The number of rotatable bonds is 1. The summed E-state index contributed by atoms with van der Waals surface area (Å²) < 4.78 is 16.7. The van der Waals surface area contributed by atoms with Gasteiger partial charge in [0.2, 0.25) is 5.78 Å². The standard InChI is InChI=1S/C19H18O7/c1-8-14(21)13-16(9(2)15(8)24-3)26-12-7-25-17-10(5-4-6-11(17)20)19(12,23)18(13)22/h4-6,12,20-21,23H,7H2,1-3H3. The molecule has 0 aromatic heterocycles. The maximum absolute atomic E-state index is 13.3. The lowest BCUT2D eigenvalue weighted by Crippen LogP contribution is -2.57. The van der Waals surface area contributed by atoms with Crippen LogP contribution in [-0.2, 0) is 5.60 Å².